The van der Waals surface area contributed by atoms with E-state index in [9.17, 15) is 9.59 Å². The Bertz CT molecular complexity index is 417. The molecule has 1 saturated carbocycles. The minimum atomic E-state index is -0.635. The van der Waals surface area contributed by atoms with Crippen LogP contribution in [-0.2, 0) is 14.3 Å². The summed E-state index contributed by atoms with van der Waals surface area (Å²) in [5.41, 5.74) is -0.635. The molecule has 5 nitrogen and oxygen atoms in total. The number of hydrogen-bond donors (Lipinski definition) is 1. The fraction of sp³-hybridized carbons (Fsp3) is 0.867. The minimum Gasteiger partial charge on any atom is -0.376 e. The van der Waals surface area contributed by atoms with Gasteiger partial charge in [0.05, 0.1) is 12.1 Å². The summed E-state index contributed by atoms with van der Waals surface area (Å²) < 4.78 is 5.60. The van der Waals surface area contributed by atoms with Crippen molar-refractivity contribution in [3.8, 4) is 0 Å². The molecule has 3 unspecified atom stereocenters. The highest BCUT2D eigenvalue weighted by atomic mass is 16.5. The van der Waals surface area contributed by atoms with Crippen molar-refractivity contribution in [3.63, 3.8) is 0 Å². The van der Waals surface area contributed by atoms with E-state index in [-0.39, 0.29) is 30.0 Å². The topological polar surface area (TPSA) is 58.6 Å². The van der Waals surface area contributed by atoms with Crippen LogP contribution in [0.2, 0.25) is 0 Å². The van der Waals surface area contributed by atoms with Crippen LogP contribution < -0.4 is 5.32 Å². The Morgan fingerprint density at radius 2 is 1.90 bits per heavy atom. The lowest BCUT2D eigenvalue weighted by Crippen LogP contribution is -2.72. The van der Waals surface area contributed by atoms with E-state index in [1.165, 1.54) is 0 Å². The molecule has 3 fully saturated rings. The molecule has 2 saturated heterocycles. The number of carbonyl (C=O) groups excluding carboxylic acids is 2. The molecule has 2 amide bonds. The van der Waals surface area contributed by atoms with E-state index in [0.717, 1.165) is 38.5 Å². The van der Waals surface area contributed by atoms with E-state index in [2.05, 4.69) is 5.32 Å². The molecular formula is C15H24N2O3. The first-order valence-corrected chi connectivity index (χ1v) is 7.81. The molecule has 0 bridgehead atoms. The van der Waals surface area contributed by atoms with Gasteiger partial charge in [0.25, 0.3) is 0 Å². The highest BCUT2D eigenvalue weighted by Gasteiger charge is 2.52. The zero-order chi connectivity index (χ0) is 14.3. The smallest absolute Gasteiger partial charge is 0.249 e. The summed E-state index contributed by atoms with van der Waals surface area (Å²) in [5, 5.41) is 3.03. The van der Waals surface area contributed by atoms with Gasteiger partial charge in [-0.05, 0) is 33.1 Å². The van der Waals surface area contributed by atoms with Crippen LogP contribution in [-0.4, -0.2) is 47.0 Å². The number of ether oxygens (including phenoxy) is 1. The van der Waals surface area contributed by atoms with Crippen LogP contribution in [0.3, 0.4) is 0 Å². The van der Waals surface area contributed by atoms with Crippen LogP contribution in [0.25, 0.3) is 0 Å². The van der Waals surface area contributed by atoms with Gasteiger partial charge in [-0.1, -0.05) is 19.3 Å². The van der Waals surface area contributed by atoms with E-state index in [1.807, 2.05) is 18.7 Å². The van der Waals surface area contributed by atoms with Crippen LogP contribution >= 0.6 is 0 Å². The second kappa shape index (κ2) is 5.02. The number of carbonyl (C=O) groups is 2. The summed E-state index contributed by atoms with van der Waals surface area (Å²) in [7, 11) is 0. The highest BCUT2D eigenvalue weighted by Crippen LogP contribution is 2.36. The average Bonchev–Trinajstić information content (AvgIpc) is 2.85. The van der Waals surface area contributed by atoms with E-state index in [0.29, 0.717) is 6.61 Å². The van der Waals surface area contributed by atoms with Crippen molar-refractivity contribution >= 4 is 11.8 Å². The first kappa shape index (κ1) is 13.9. The fourth-order valence-electron chi connectivity index (χ4n) is 3.96. The molecule has 0 aromatic heterocycles. The highest BCUT2D eigenvalue weighted by molar-refractivity contribution is 6.00. The summed E-state index contributed by atoms with van der Waals surface area (Å²) in [6.45, 7) is 4.50. The second-order valence-corrected chi connectivity index (χ2v) is 6.45. The van der Waals surface area contributed by atoms with Crippen LogP contribution in [0.5, 0.6) is 0 Å². The quantitative estimate of drug-likeness (QED) is 0.785. The van der Waals surface area contributed by atoms with Gasteiger partial charge >= 0.3 is 0 Å². The Kier molecular flexibility index (Phi) is 3.48. The van der Waals surface area contributed by atoms with Crippen LogP contribution in [0.4, 0.5) is 0 Å². The lowest BCUT2D eigenvalue weighted by Gasteiger charge is -2.49. The molecule has 20 heavy (non-hydrogen) atoms. The van der Waals surface area contributed by atoms with Gasteiger partial charge in [0.15, 0.2) is 0 Å². The SMILES string of the molecule is CC1OCCC1N1C(=O)C2(CCCCC2)NC(=O)C1C. The molecule has 1 N–H and O–H groups in total. The third-order valence-electron chi connectivity index (χ3n) is 5.20. The Morgan fingerprint density at radius 1 is 1.20 bits per heavy atom. The number of hydrogen-bond acceptors (Lipinski definition) is 3. The maximum absolute atomic E-state index is 13.0. The standard InChI is InChI=1S/C15H24N2O3/c1-10-13(18)16-15(7-4-3-5-8-15)14(19)17(10)12-6-9-20-11(12)2/h10-12H,3-9H2,1-2H3,(H,16,18). The van der Waals surface area contributed by atoms with Gasteiger partial charge < -0.3 is 15.0 Å². The maximum Gasteiger partial charge on any atom is 0.249 e. The fourth-order valence-corrected chi connectivity index (χ4v) is 3.96. The molecule has 112 valence electrons. The van der Waals surface area contributed by atoms with Gasteiger partial charge in [-0.25, -0.2) is 0 Å². The van der Waals surface area contributed by atoms with Gasteiger partial charge in [-0.2, -0.15) is 0 Å². The van der Waals surface area contributed by atoms with Crippen molar-refractivity contribution in [2.24, 2.45) is 0 Å². The number of nitrogens with one attached hydrogen (secondary N) is 1. The third kappa shape index (κ3) is 2.03. The van der Waals surface area contributed by atoms with Gasteiger partial charge in [-0.15, -0.1) is 0 Å². The largest absolute Gasteiger partial charge is 0.376 e. The summed E-state index contributed by atoms with van der Waals surface area (Å²) >= 11 is 0. The summed E-state index contributed by atoms with van der Waals surface area (Å²) in [5.74, 6) is 0.109. The third-order valence-corrected chi connectivity index (χ3v) is 5.20. The lowest BCUT2D eigenvalue weighted by molar-refractivity contribution is -0.160. The summed E-state index contributed by atoms with van der Waals surface area (Å²) in [6.07, 6.45) is 5.61. The van der Waals surface area contributed by atoms with Gasteiger partial charge in [-0.3, -0.25) is 9.59 Å². The molecule has 1 spiro atoms. The number of rotatable bonds is 1. The van der Waals surface area contributed by atoms with Gasteiger partial charge in [0.2, 0.25) is 11.8 Å². The molecule has 2 aliphatic heterocycles. The van der Waals surface area contributed by atoms with Gasteiger partial charge in [0, 0.05) is 6.61 Å². The van der Waals surface area contributed by atoms with Crippen molar-refractivity contribution in [2.45, 2.75) is 76.1 Å². The normalized spacial score (nSPS) is 37.3. The Hall–Kier alpha value is -1.10. The number of nitrogens with zero attached hydrogens (tertiary/aromatic N) is 1. The predicted molar refractivity (Wildman–Crippen MR) is 74.1 cm³/mol. The molecule has 1 aliphatic carbocycles. The lowest BCUT2D eigenvalue weighted by atomic mass is 9.78. The molecule has 3 aliphatic rings. The molecule has 2 heterocycles. The summed E-state index contributed by atoms with van der Waals surface area (Å²) in [6, 6.07) is -0.341. The van der Waals surface area contributed by atoms with Crippen LogP contribution in [0.15, 0.2) is 0 Å². The van der Waals surface area contributed by atoms with Crippen molar-refractivity contribution < 1.29 is 14.3 Å². The van der Waals surface area contributed by atoms with Gasteiger partial charge in [0.1, 0.15) is 11.6 Å². The monoisotopic (exact) mass is 280 g/mol. The molecule has 3 rings (SSSR count). The molecule has 0 aromatic rings. The van der Waals surface area contributed by atoms with Crippen LogP contribution in [0.1, 0.15) is 52.4 Å². The van der Waals surface area contributed by atoms with E-state index in [1.54, 1.807) is 0 Å². The molecule has 3 atom stereocenters. The maximum atomic E-state index is 13.0. The van der Waals surface area contributed by atoms with E-state index in [4.69, 9.17) is 4.74 Å². The Labute approximate surface area is 120 Å². The van der Waals surface area contributed by atoms with Crippen molar-refractivity contribution in [2.75, 3.05) is 6.61 Å². The van der Waals surface area contributed by atoms with Crippen molar-refractivity contribution in [1.29, 1.82) is 0 Å². The van der Waals surface area contributed by atoms with Crippen molar-refractivity contribution in [1.82, 2.24) is 10.2 Å². The zero-order valence-electron chi connectivity index (χ0n) is 12.4. The second-order valence-electron chi connectivity index (χ2n) is 6.45. The van der Waals surface area contributed by atoms with Crippen molar-refractivity contribution in [3.05, 3.63) is 0 Å². The van der Waals surface area contributed by atoms with E-state index >= 15 is 0 Å². The molecular weight excluding hydrogens is 256 g/mol. The van der Waals surface area contributed by atoms with Crippen LogP contribution in [0, 0.1) is 0 Å². The minimum absolute atomic E-state index is 0.00870. The Morgan fingerprint density at radius 3 is 2.50 bits per heavy atom. The molecule has 0 aromatic carbocycles. The predicted octanol–water partition coefficient (Wildman–Crippen LogP) is 1.21. The first-order valence-electron chi connectivity index (χ1n) is 7.81. The van der Waals surface area contributed by atoms with E-state index < -0.39 is 5.54 Å². The average molecular weight is 280 g/mol. The zero-order valence-corrected chi connectivity index (χ0v) is 12.4. The molecule has 0 radical (unpaired) electrons. The first-order chi connectivity index (χ1) is 9.55. The molecule has 5 heteroatoms. The Balaban J connectivity index is 1.90. The summed E-state index contributed by atoms with van der Waals surface area (Å²) in [4.78, 5) is 27.2. The number of amides is 2. The number of piperazine rings is 1.